The first-order valence-electron chi connectivity index (χ1n) is 6.99. The molecular formula is C16H25N. The summed E-state index contributed by atoms with van der Waals surface area (Å²) in [5.41, 5.74) is 4.38. The molecule has 0 spiro atoms. The third-order valence-corrected chi connectivity index (χ3v) is 3.76. The molecule has 0 N–H and O–H groups in total. The van der Waals surface area contributed by atoms with Gasteiger partial charge in [0, 0.05) is 6.54 Å². The fraction of sp³-hybridized carbons (Fsp3) is 0.625. The first-order valence-corrected chi connectivity index (χ1v) is 6.99. The van der Waals surface area contributed by atoms with Crippen molar-refractivity contribution in [2.45, 2.75) is 46.0 Å². The number of piperidine rings is 1. The van der Waals surface area contributed by atoms with Crippen LogP contribution in [0.4, 0.5) is 0 Å². The van der Waals surface area contributed by atoms with Crippen LogP contribution in [0.25, 0.3) is 0 Å². The van der Waals surface area contributed by atoms with E-state index in [1.54, 1.807) is 5.56 Å². The molecule has 1 saturated heterocycles. The van der Waals surface area contributed by atoms with Gasteiger partial charge in [0.2, 0.25) is 0 Å². The van der Waals surface area contributed by atoms with Crippen LogP contribution in [0.2, 0.25) is 0 Å². The lowest BCUT2D eigenvalue weighted by Crippen LogP contribution is -2.34. The van der Waals surface area contributed by atoms with E-state index in [0.717, 1.165) is 5.92 Å². The number of benzene rings is 1. The van der Waals surface area contributed by atoms with E-state index in [1.807, 2.05) is 0 Å². The summed E-state index contributed by atoms with van der Waals surface area (Å²) in [7, 11) is 0. The Morgan fingerprint density at radius 3 is 2.53 bits per heavy atom. The summed E-state index contributed by atoms with van der Waals surface area (Å²) in [5.74, 6) is 0.758. The second-order valence-electron chi connectivity index (χ2n) is 5.56. The molecule has 0 aromatic heterocycles. The molecule has 1 aliphatic rings. The summed E-state index contributed by atoms with van der Waals surface area (Å²) < 4.78 is 0. The van der Waals surface area contributed by atoms with Crippen LogP contribution in [-0.2, 0) is 0 Å². The molecule has 0 aliphatic carbocycles. The van der Waals surface area contributed by atoms with Crippen molar-refractivity contribution in [3.63, 3.8) is 0 Å². The van der Waals surface area contributed by atoms with Gasteiger partial charge in [-0.2, -0.15) is 0 Å². The molecule has 0 bridgehead atoms. The molecule has 1 heteroatoms. The molecule has 1 heterocycles. The van der Waals surface area contributed by atoms with Gasteiger partial charge in [-0.3, -0.25) is 0 Å². The topological polar surface area (TPSA) is 3.24 Å². The minimum atomic E-state index is 0.758. The monoisotopic (exact) mass is 231 g/mol. The highest BCUT2D eigenvalue weighted by Gasteiger charge is 2.20. The van der Waals surface area contributed by atoms with E-state index in [4.69, 9.17) is 0 Å². The van der Waals surface area contributed by atoms with Crippen molar-refractivity contribution in [2.24, 2.45) is 0 Å². The number of likely N-dealkylation sites (tertiary alicyclic amines) is 1. The van der Waals surface area contributed by atoms with Crippen molar-refractivity contribution in [3.05, 3.63) is 34.9 Å². The van der Waals surface area contributed by atoms with E-state index in [2.05, 4.69) is 43.9 Å². The molecule has 94 valence electrons. The molecule has 0 saturated carbocycles. The van der Waals surface area contributed by atoms with Gasteiger partial charge < -0.3 is 4.90 Å². The van der Waals surface area contributed by atoms with E-state index >= 15 is 0 Å². The maximum Gasteiger partial charge on any atom is 0.00503 e. The fourth-order valence-corrected chi connectivity index (χ4v) is 3.09. The van der Waals surface area contributed by atoms with Gasteiger partial charge in [-0.15, -0.1) is 0 Å². The van der Waals surface area contributed by atoms with Crippen LogP contribution in [0, 0.1) is 13.8 Å². The highest BCUT2D eigenvalue weighted by Crippen LogP contribution is 2.28. The third kappa shape index (κ3) is 3.32. The van der Waals surface area contributed by atoms with Gasteiger partial charge in [0.15, 0.2) is 0 Å². The quantitative estimate of drug-likeness (QED) is 0.763. The summed E-state index contributed by atoms with van der Waals surface area (Å²) in [6, 6.07) is 7.04. The molecule has 17 heavy (non-hydrogen) atoms. The summed E-state index contributed by atoms with van der Waals surface area (Å²) in [6.45, 7) is 10.5. The van der Waals surface area contributed by atoms with Crippen molar-refractivity contribution in [3.8, 4) is 0 Å². The number of nitrogens with zero attached hydrogens (tertiary/aromatic N) is 1. The van der Waals surface area contributed by atoms with Gasteiger partial charge in [0.05, 0.1) is 0 Å². The first-order chi connectivity index (χ1) is 8.19. The fourth-order valence-electron chi connectivity index (χ4n) is 3.09. The van der Waals surface area contributed by atoms with Crippen molar-refractivity contribution in [2.75, 3.05) is 19.6 Å². The Kier molecular flexibility index (Phi) is 4.22. The van der Waals surface area contributed by atoms with E-state index < -0.39 is 0 Å². The highest BCUT2D eigenvalue weighted by atomic mass is 15.1. The number of hydrogen-bond acceptors (Lipinski definition) is 1. The molecule has 1 aromatic rings. The lowest BCUT2D eigenvalue weighted by molar-refractivity contribution is 0.208. The van der Waals surface area contributed by atoms with Gasteiger partial charge in [-0.05, 0) is 57.7 Å². The SMILES string of the molecule is CCCN1CCC[C@H](c2cc(C)cc(C)c2)C1. The van der Waals surface area contributed by atoms with Gasteiger partial charge >= 0.3 is 0 Å². The van der Waals surface area contributed by atoms with Gasteiger partial charge in [-0.1, -0.05) is 36.2 Å². The zero-order chi connectivity index (χ0) is 12.3. The molecule has 1 atom stereocenters. The Hall–Kier alpha value is -0.820. The second-order valence-corrected chi connectivity index (χ2v) is 5.56. The Balaban J connectivity index is 2.10. The van der Waals surface area contributed by atoms with E-state index in [-0.39, 0.29) is 0 Å². The number of aryl methyl sites for hydroxylation is 2. The summed E-state index contributed by atoms with van der Waals surface area (Å²) >= 11 is 0. The van der Waals surface area contributed by atoms with Crippen molar-refractivity contribution >= 4 is 0 Å². The Labute approximate surface area is 106 Å². The van der Waals surface area contributed by atoms with Gasteiger partial charge in [0.1, 0.15) is 0 Å². The summed E-state index contributed by atoms with van der Waals surface area (Å²) in [4.78, 5) is 2.63. The summed E-state index contributed by atoms with van der Waals surface area (Å²) in [5, 5.41) is 0. The van der Waals surface area contributed by atoms with Crippen LogP contribution >= 0.6 is 0 Å². The largest absolute Gasteiger partial charge is 0.303 e. The van der Waals surface area contributed by atoms with Crippen molar-refractivity contribution < 1.29 is 0 Å². The molecule has 0 radical (unpaired) electrons. The van der Waals surface area contributed by atoms with Crippen LogP contribution in [0.1, 0.15) is 48.8 Å². The molecule has 2 rings (SSSR count). The van der Waals surface area contributed by atoms with Gasteiger partial charge in [-0.25, -0.2) is 0 Å². The van der Waals surface area contributed by atoms with Crippen molar-refractivity contribution in [1.82, 2.24) is 4.90 Å². The molecule has 0 unspecified atom stereocenters. The molecule has 1 fully saturated rings. The highest BCUT2D eigenvalue weighted by molar-refractivity contribution is 5.31. The molecule has 1 aromatic carbocycles. The number of rotatable bonds is 3. The standard InChI is InChI=1S/C16H25N/c1-4-7-17-8-5-6-15(12-17)16-10-13(2)9-14(3)11-16/h9-11,15H,4-8,12H2,1-3H3/t15-/m0/s1. The molecule has 1 aliphatic heterocycles. The predicted molar refractivity (Wildman–Crippen MR) is 74.6 cm³/mol. The van der Waals surface area contributed by atoms with Crippen LogP contribution in [0.15, 0.2) is 18.2 Å². The molecule has 1 nitrogen and oxygen atoms in total. The predicted octanol–water partition coefficient (Wildman–Crippen LogP) is 3.89. The summed E-state index contributed by atoms with van der Waals surface area (Å²) in [6.07, 6.45) is 4.00. The lowest BCUT2D eigenvalue weighted by atomic mass is 9.89. The minimum absolute atomic E-state index is 0.758. The van der Waals surface area contributed by atoms with Crippen LogP contribution < -0.4 is 0 Å². The second kappa shape index (κ2) is 5.68. The maximum atomic E-state index is 2.63. The Morgan fingerprint density at radius 1 is 1.18 bits per heavy atom. The molecule has 0 amide bonds. The zero-order valence-corrected chi connectivity index (χ0v) is 11.5. The van der Waals surface area contributed by atoms with Crippen LogP contribution in [0.5, 0.6) is 0 Å². The normalized spacial score (nSPS) is 21.7. The van der Waals surface area contributed by atoms with E-state index in [9.17, 15) is 0 Å². The van der Waals surface area contributed by atoms with E-state index in [0.29, 0.717) is 0 Å². The Morgan fingerprint density at radius 2 is 1.88 bits per heavy atom. The first kappa shape index (κ1) is 12.6. The minimum Gasteiger partial charge on any atom is -0.303 e. The van der Waals surface area contributed by atoms with Crippen LogP contribution in [0.3, 0.4) is 0 Å². The smallest absolute Gasteiger partial charge is 0.00503 e. The van der Waals surface area contributed by atoms with Crippen LogP contribution in [-0.4, -0.2) is 24.5 Å². The zero-order valence-electron chi connectivity index (χ0n) is 11.5. The Bertz CT molecular complexity index is 348. The number of hydrogen-bond donors (Lipinski definition) is 0. The van der Waals surface area contributed by atoms with E-state index in [1.165, 1.54) is 50.0 Å². The molecular weight excluding hydrogens is 206 g/mol. The third-order valence-electron chi connectivity index (χ3n) is 3.76. The van der Waals surface area contributed by atoms with Crippen molar-refractivity contribution in [1.29, 1.82) is 0 Å². The lowest BCUT2D eigenvalue weighted by Gasteiger charge is -2.33. The average Bonchev–Trinajstić information content (AvgIpc) is 2.28. The average molecular weight is 231 g/mol. The van der Waals surface area contributed by atoms with Gasteiger partial charge in [0.25, 0.3) is 0 Å². The maximum absolute atomic E-state index is 2.63.